The second kappa shape index (κ2) is 9.41. The van der Waals surface area contributed by atoms with Crippen molar-refractivity contribution in [1.82, 2.24) is 10.3 Å². The number of nitrogens with zero attached hydrogens (tertiary/aromatic N) is 2. The van der Waals surface area contributed by atoms with Crippen molar-refractivity contribution < 1.29 is 9.59 Å². The summed E-state index contributed by atoms with van der Waals surface area (Å²) in [5, 5.41) is 5.37. The fourth-order valence-electron chi connectivity index (χ4n) is 3.00. The van der Waals surface area contributed by atoms with Crippen molar-refractivity contribution in [3.63, 3.8) is 0 Å². The van der Waals surface area contributed by atoms with E-state index in [1.807, 2.05) is 0 Å². The van der Waals surface area contributed by atoms with E-state index in [0.29, 0.717) is 52.1 Å². The summed E-state index contributed by atoms with van der Waals surface area (Å²) >= 11 is 17.9. The molecule has 2 aromatic rings. The van der Waals surface area contributed by atoms with Crippen LogP contribution in [-0.2, 0) is 4.79 Å². The summed E-state index contributed by atoms with van der Waals surface area (Å²) in [6, 6.07) is 12.0. The monoisotopic (exact) mass is 437 g/mol. The minimum Gasteiger partial charge on any atom is -0.339 e. The Bertz CT molecular complexity index is 892. The Balaban J connectivity index is 1.51. The number of nitrogens with one attached hydrogen (secondary N) is 1. The van der Waals surface area contributed by atoms with Crippen molar-refractivity contribution in [3.05, 3.63) is 68.7 Å². The zero-order valence-corrected chi connectivity index (χ0v) is 17.1. The van der Waals surface area contributed by atoms with Gasteiger partial charge in [0, 0.05) is 35.2 Å². The highest BCUT2D eigenvalue weighted by molar-refractivity contribution is 6.43. The maximum absolute atomic E-state index is 12.5. The Hall–Kier alpha value is -2.08. The molecule has 2 aromatic carbocycles. The maximum Gasteiger partial charge on any atom is 0.253 e. The summed E-state index contributed by atoms with van der Waals surface area (Å²) in [5.74, 6) is -0.418. The van der Waals surface area contributed by atoms with Gasteiger partial charge in [-0.15, -0.1) is 0 Å². The Morgan fingerprint density at radius 1 is 1.04 bits per heavy atom. The largest absolute Gasteiger partial charge is 0.339 e. The number of benzene rings is 2. The van der Waals surface area contributed by atoms with Crippen LogP contribution in [0.3, 0.4) is 0 Å². The molecule has 28 heavy (non-hydrogen) atoms. The molecule has 0 unspecified atom stereocenters. The molecular formula is C20H18Cl3N3O2. The van der Waals surface area contributed by atoms with E-state index in [9.17, 15) is 9.59 Å². The Labute approximate surface area is 178 Å². The zero-order valence-electron chi connectivity index (χ0n) is 14.9. The molecule has 1 N–H and O–H groups in total. The smallest absolute Gasteiger partial charge is 0.253 e. The van der Waals surface area contributed by atoms with Gasteiger partial charge >= 0.3 is 0 Å². The number of carbonyl (C=O) groups excluding carboxylic acids is 2. The number of amides is 2. The van der Waals surface area contributed by atoms with Crippen LogP contribution in [0.1, 0.15) is 28.8 Å². The van der Waals surface area contributed by atoms with Gasteiger partial charge < -0.3 is 4.90 Å². The summed E-state index contributed by atoms with van der Waals surface area (Å²) < 4.78 is 0. The second-order valence-electron chi connectivity index (χ2n) is 6.45. The Morgan fingerprint density at radius 3 is 2.39 bits per heavy atom. The molecule has 1 aliphatic rings. The highest BCUT2D eigenvalue weighted by Gasteiger charge is 2.27. The van der Waals surface area contributed by atoms with E-state index in [1.54, 1.807) is 47.4 Å². The lowest BCUT2D eigenvalue weighted by atomic mass is 9.95. The van der Waals surface area contributed by atoms with Crippen LogP contribution in [0.5, 0.6) is 0 Å². The van der Waals surface area contributed by atoms with Crippen molar-refractivity contribution in [1.29, 1.82) is 0 Å². The minimum absolute atomic E-state index is 0.0517. The summed E-state index contributed by atoms with van der Waals surface area (Å²) in [5.41, 5.74) is 3.76. The SMILES string of the molecule is O=C(N/N=C\c1cccc(Cl)c1Cl)C1CCN(C(=O)c2ccc(Cl)cc2)CC1. The summed E-state index contributed by atoms with van der Waals surface area (Å²) in [6.45, 7) is 1.03. The minimum atomic E-state index is -0.193. The van der Waals surface area contributed by atoms with Gasteiger partial charge in [-0.05, 0) is 43.2 Å². The molecule has 1 saturated heterocycles. The van der Waals surface area contributed by atoms with E-state index < -0.39 is 0 Å². The molecule has 0 radical (unpaired) electrons. The molecule has 0 aromatic heterocycles. The predicted molar refractivity (Wildman–Crippen MR) is 112 cm³/mol. The number of likely N-dealkylation sites (tertiary alicyclic amines) is 1. The first-order chi connectivity index (χ1) is 13.5. The van der Waals surface area contributed by atoms with Gasteiger partial charge in [0.25, 0.3) is 5.91 Å². The first-order valence-electron chi connectivity index (χ1n) is 8.77. The molecule has 1 heterocycles. The van der Waals surface area contributed by atoms with E-state index in [0.717, 1.165) is 0 Å². The molecule has 8 heteroatoms. The normalized spacial score (nSPS) is 15.0. The fourth-order valence-corrected chi connectivity index (χ4v) is 3.48. The topological polar surface area (TPSA) is 61.8 Å². The van der Waals surface area contributed by atoms with Gasteiger partial charge in [-0.25, -0.2) is 5.43 Å². The number of rotatable bonds is 4. The summed E-state index contributed by atoms with van der Waals surface area (Å²) in [6.07, 6.45) is 2.63. The average molecular weight is 439 g/mol. The van der Waals surface area contributed by atoms with Gasteiger partial charge in [-0.3, -0.25) is 9.59 Å². The van der Waals surface area contributed by atoms with Crippen molar-refractivity contribution in [2.24, 2.45) is 11.0 Å². The van der Waals surface area contributed by atoms with E-state index in [-0.39, 0.29) is 17.7 Å². The fraction of sp³-hybridized carbons (Fsp3) is 0.250. The van der Waals surface area contributed by atoms with Gasteiger partial charge in [0.15, 0.2) is 0 Å². The third-order valence-corrected chi connectivity index (χ3v) is 5.69. The van der Waals surface area contributed by atoms with Crippen LogP contribution >= 0.6 is 34.8 Å². The summed E-state index contributed by atoms with van der Waals surface area (Å²) in [7, 11) is 0. The molecule has 3 rings (SSSR count). The van der Waals surface area contributed by atoms with Crippen molar-refractivity contribution in [2.45, 2.75) is 12.8 Å². The van der Waals surface area contributed by atoms with Crippen molar-refractivity contribution >= 4 is 52.8 Å². The molecule has 0 bridgehead atoms. The van der Waals surface area contributed by atoms with Crippen LogP contribution in [0, 0.1) is 5.92 Å². The first kappa shape index (κ1) is 20.6. The highest BCUT2D eigenvalue weighted by atomic mass is 35.5. The van der Waals surface area contributed by atoms with Gasteiger partial charge in [0.05, 0.1) is 16.3 Å². The molecule has 0 spiro atoms. The number of hydrogen-bond acceptors (Lipinski definition) is 3. The van der Waals surface area contributed by atoms with Crippen LogP contribution in [0.4, 0.5) is 0 Å². The molecule has 1 aliphatic heterocycles. The molecule has 0 saturated carbocycles. The molecule has 1 fully saturated rings. The van der Waals surface area contributed by atoms with E-state index in [4.69, 9.17) is 34.8 Å². The molecule has 5 nitrogen and oxygen atoms in total. The predicted octanol–water partition coefficient (Wildman–Crippen LogP) is 4.65. The lowest BCUT2D eigenvalue weighted by Crippen LogP contribution is -2.42. The third kappa shape index (κ3) is 5.04. The molecule has 2 amide bonds. The van der Waals surface area contributed by atoms with Crippen molar-refractivity contribution in [3.8, 4) is 0 Å². The van der Waals surface area contributed by atoms with E-state index in [2.05, 4.69) is 10.5 Å². The van der Waals surface area contributed by atoms with Gasteiger partial charge in [-0.1, -0.05) is 46.9 Å². The molecule has 146 valence electrons. The number of hydrogen-bond donors (Lipinski definition) is 1. The standard InChI is InChI=1S/C20H18Cl3N3O2/c21-16-6-4-14(5-7-16)20(28)26-10-8-13(9-11-26)19(27)25-24-12-15-2-1-3-17(22)18(15)23/h1-7,12-13H,8-11H2,(H,25,27)/b24-12-. The lowest BCUT2D eigenvalue weighted by Gasteiger charge is -2.31. The third-order valence-electron chi connectivity index (χ3n) is 4.60. The number of carbonyl (C=O) groups is 2. The van der Waals surface area contributed by atoms with E-state index in [1.165, 1.54) is 6.21 Å². The van der Waals surface area contributed by atoms with Crippen LogP contribution in [0.25, 0.3) is 0 Å². The molecule has 0 atom stereocenters. The number of hydrazone groups is 1. The lowest BCUT2D eigenvalue weighted by molar-refractivity contribution is -0.126. The number of halogens is 3. The van der Waals surface area contributed by atoms with Gasteiger partial charge in [0.1, 0.15) is 0 Å². The molecular weight excluding hydrogens is 421 g/mol. The van der Waals surface area contributed by atoms with Crippen LogP contribution in [-0.4, -0.2) is 36.0 Å². The Morgan fingerprint density at radius 2 is 1.71 bits per heavy atom. The second-order valence-corrected chi connectivity index (χ2v) is 7.67. The average Bonchev–Trinajstić information content (AvgIpc) is 2.71. The quantitative estimate of drug-likeness (QED) is 0.558. The van der Waals surface area contributed by atoms with Gasteiger partial charge in [-0.2, -0.15) is 5.10 Å². The van der Waals surface area contributed by atoms with Crippen LogP contribution < -0.4 is 5.43 Å². The first-order valence-corrected chi connectivity index (χ1v) is 9.91. The van der Waals surface area contributed by atoms with Crippen LogP contribution in [0.15, 0.2) is 47.6 Å². The maximum atomic E-state index is 12.5. The van der Waals surface area contributed by atoms with Gasteiger partial charge in [0.2, 0.25) is 5.91 Å². The highest BCUT2D eigenvalue weighted by Crippen LogP contribution is 2.24. The number of piperidine rings is 1. The van der Waals surface area contributed by atoms with E-state index >= 15 is 0 Å². The van der Waals surface area contributed by atoms with Crippen LogP contribution in [0.2, 0.25) is 15.1 Å². The van der Waals surface area contributed by atoms with Crippen molar-refractivity contribution in [2.75, 3.05) is 13.1 Å². The zero-order chi connectivity index (χ0) is 20.1. The molecule has 0 aliphatic carbocycles. The summed E-state index contributed by atoms with van der Waals surface area (Å²) in [4.78, 5) is 26.6. The Kier molecular flexibility index (Phi) is 6.94.